The molecule has 12 heteroatoms. The molecule has 0 aromatic heterocycles. The van der Waals surface area contributed by atoms with Gasteiger partial charge in [-0.2, -0.15) is 0 Å². The highest BCUT2D eigenvalue weighted by molar-refractivity contribution is 7.47. The summed E-state index contributed by atoms with van der Waals surface area (Å²) in [5.74, 6) is 0. The molecule has 8 atom stereocenters. The van der Waals surface area contributed by atoms with Gasteiger partial charge in [-0.3, -0.25) is 9.05 Å². The van der Waals surface area contributed by atoms with Crippen LogP contribution in [0.5, 0.6) is 0 Å². The number of hydrogen-bond acceptors (Lipinski definition) is 10. The lowest BCUT2D eigenvalue weighted by molar-refractivity contribution is -0.220. The highest BCUT2D eigenvalue weighted by Gasteiger charge is 2.51. The summed E-state index contributed by atoms with van der Waals surface area (Å²) in [7, 11) is -4.83. The van der Waals surface area contributed by atoms with Gasteiger partial charge in [-0.15, -0.1) is 0 Å². The van der Waals surface area contributed by atoms with Gasteiger partial charge in [0.25, 0.3) is 0 Å². The van der Waals surface area contributed by atoms with E-state index >= 15 is 0 Å². The number of hydrogen-bond donors (Lipinski definition) is 6. The molecule has 6 N–H and O–H groups in total. The predicted molar refractivity (Wildman–Crippen MR) is 120 cm³/mol. The molecule has 0 saturated heterocycles. The Morgan fingerprint density at radius 1 is 0.727 bits per heavy atom. The van der Waals surface area contributed by atoms with Crippen molar-refractivity contribution in [1.29, 1.82) is 0 Å². The number of unbranched alkanes of at least 4 members (excludes halogenated alkanes) is 6. The third-order valence-corrected chi connectivity index (χ3v) is 6.53. The van der Waals surface area contributed by atoms with Gasteiger partial charge in [0.1, 0.15) is 42.7 Å². The fourth-order valence-corrected chi connectivity index (χ4v) is 4.42. The second-order valence-electron chi connectivity index (χ2n) is 8.48. The largest absolute Gasteiger partial charge is 0.472 e. The van der Waals surface area contributed by atoms with Crippen molar-refractivity contribution in [1.82, 2.24) is 0 Å². The SMILES string of the molecule is CCCCCCOCC(COP(=O)(O)OC1[C@H](O)[C@H](O)C(O)[C@H](O)[C@H]1O)OCCCCCC. The number of aliphatic hydroxyl groups is 5. The summed E-state index contributed by atoms with van der Waals surface area (Å²) < 4.78 is 33.6. The molecule has 1 saturated carbocycles. The van der Waals surface area contributed by atoms with Crippen LogP contribution in [-0.2, 0) is 23.1 Å². The van der Waals surface area contributed by atoms with E-state index in [0.29, 0.717) is 13.2 Å². The molecule has 0 spiro atoms. The van der Waals surface area contributed by atoms with Crippen LogP contribution in [0.4, 0.5) is 0 Å². The third-order valence-electron chi connectivity index (χ3n) is 5.55. The minimum Gasteiger partial charge on any atom is -0.387 e. The summed E-state index contributed by atoms with van der Waals surface area (Å²) in [6.45, 7) is 4.98. The molecule has 0 bridgehead atoms. The van der Waals surface area contributed by atoms with Crippen LogP contribution in [0.1, 0.15) is 65.2 Å². The lowest BCUT2D eigenvalue weighted by Crippen LogP contribution is -2.64. The van der Waals surface area contributed by atoms with E-state index in [0.717, 1.165) is 51.4 Å². The van der Waals surface area contributed by atoms with Crippen molar-refractivity contribution >= 4 is 7.82 Å². The van der Waals surface area contributed by atoms with Crippen LogP contribution in [0.3, 0.4) is 0 Å². The lowest BCUT2D eigenvalue weighted by Gasteiger charge is -2.41. The first-order valence-electron chi connectivity index (χ1n) is 11.9. The van der Waals surface area contributed by atoms with Crippen LogP contribution in [0.25, 0.3) is 0 Å². The summed E-state index contributed by atoms with van der Waals surface area (Å²) in [6, 6.07) is 0. The van der Waals surface area contributed by atoms with E-state index in [1.54, 1.807) is 0 Å². The van der Waals surface area contributed by atoms with Crippen molar-refractivity contribution in [3.05, 3.63) is 0 Å². The maximum absolute atomic E-state index is 12.4. The quantitative estimate of drug-likeness (QED) is 0.116. The minimum atomic E-state index is -4.83. The second-order valence-corrected chi connectivity index (χ2v) is 9.88. The first-order chi connectivity index (χ1) is 15.6. The van der Waals surface area contributed by atoms with E-state index in [-0.39, 0.29) is 13.2 Å². The molecular weight excluding hydrogens is 459 g/mol. The van der Waals surface area contributed by atoms with Crippen LogP contribution >= 0.6 is 7.82 Å². The van der Waals surface area contributed by atoms with Gasteiger partial charge in [0, 0.05) is 13.2 Å². The topological polar surface area (TPSA) is 175 Å². The molecule has 0 radical (unpaired) electrons. The molecule has 0 aliphatic heterocycles. The van der Waals surface area contributed by atoms with Gasteiger partial charge in [0.15, 0.2) is 0 Å². The van der Waals surface area contributed by atoms with Crippen molar-refractivity contribution in [2.45, 2.75) is 108 Å². The summed E-state index contributed by atoms with van der Waals surface area (Å²) in [6.07, 6.45) is -3.76. The first-order valence-corrected chi connectivity index (χ1v) is 13.4. The number of ether oxygens (including phenoxy) is 2. The van der Waals surface area contributed by atoms with Crippen LogP contribution in [-0.4, -0.2) is 99.6 Å². The molecule has 1 rings (SSSR count). The van der Waals surface area contributed by atoms with Gasteiger partial charge >= 0.3 is 7.82 Å². The van der Waals surface area contributed by atoms with Crippen LogP contribution < -0.4 is 0 Å². The van der Waals surface area contributed by atoms with Crippen LogP contribution in [0, 0.1) is 0 Å². The Labute approximate surface area is 196 Å². The van der Waals surface area contributed by atoms with Crippen molar-refractivity contribution < 1.29 is 53.5 Å². The molecule has 33 heavy (non-hydrogen) atoms. The Morgan fingerprint density at radius 2 is 1.24 bits per heavy atom. The highest BCUT2D eigenvalue weighted by atomic mass is 31.2. The summed E-state index contributed by atoms with van der Waals surface area (Å²) in [5.41, 5.74) is 0. The van der Waals surface area contributed by atoms with E-state index in [1.807, 2.05) is 0 Å². The molecule has 1 aliphatic rings. The maximum Gasteiger partial charge on any atom is 0.472 e. The average Bonchev–Trinajstić information content (AvgIpc) is 2.79. The highest BCUT2D eigenvalue weighted by Crippen LogP contribution is 2.47. The minimum absolute atomic E-state index is 0.151. The molecule has 0 aromatic carbocycles. The Hall–Kier alpha value is -0.170. The molecule has 1 aliphatic carbocycles. The molecular formula is C21H43O11P. The molecule has 4 unspecified atom stereocenters. The van der Waals surface area contributed by atoms with Gasteiger partial charge in [-0.25, -0.2) is 4.57 Å². The van der Waals surface area contributed by atoms with Gasteiger partial charge < -0.3 is 39.9 Å². The lowest BCUT2D eigenvalue weighted by atomic mass is 9.85. The Kier molecular flexibility index (Phi) is 15.4. The summed E-state index contributed by atoms with van der Waals surface area (Å²) >= 11 is 0. The molecule has 11 nitrogen and oxygen atoms in total. The van der Waals surface area contributed by atoms with Crippen molar-refractivity contribution in [2.75, 3.05) is 26.4 Å². The fourth-order valence-electron chi connectivity index (χ4n) is 3.45. The average molecular weight is 503 g/mol. The first kappa shape index (κ1) is 30.9. The zero-order chi connectivity index (χ0) is 24.9. The van der Waals surface area contributed by atoms with Crippen molar-refractivity contribution in [3.8, 4) is 0 Å². The van der Waals surface area contributed by atoms with E-state index in [1.165, 1.54) is 0 Å². The van der Waals surface area contributed by atoms with E-state index in [2.05, 4.69) is 13.8 Å². The van der Waals surface area contributed by atoms with Gasteiger partial charge in [-0.05, 0) is 12.8 Å². The Morgan fingerprint density at radius 3 is 1.79 bits per heavy atom. The normalized spacial score (nSPS) is 30.8. The smallest absolute Gasteiger partial charge is 0.387 e. The molecule has 198 valence electrons. The predicted octanol–water partition coefficient (Wildman–Crippen LogP) is 0.869. The molecule has 0 aromatic rings. The number of phosphoric ester groups is 1. The second kappa shape index (κ2) is 16.5. The number of aliphatic hydroxyl groups excluding tert-OH is 5. The summed E-state index contributed by atoms with van der Waals surface area (Å²) in [5, 5.41) is 49.1. The van der Waals surface area contributed by atoms with E-state index in [4.69, 9.17) is 18.5 Å². The molecule has 0 amide bonds. The molecule has 0 heterocycles. The van der Waals surface area contributed by atoms with E-state index < -0.39 is 50.6 Å². The molecule has 1 fully saturated rings. The van der Waals surface area contributed by atoms with Crippen LogP contribution in [0.2, 0.25) is 0 Å². The van der Waals surface area contributed by atoms with Crippen LogP contribution in [0.15, 0.2) is 0 Å². The fraction of sp³-hybridized carbons (Fsp3) is 1.00. The maximum atomic E-state index is 12.4. The van der Waals surface area contributed by atoms with Gasteiger partial charge in [0.05, 0.1) is 13.2 Å². The Bertz CT molecular complexity index is 536. The number of phosphoric acid groups is 1. The van der Waals surface area contributed by atoms with E-state index in [9.17, 15) is 35.0 Å². The monoisotopic (exact) mass is 502 g/mol. The standard InChI is InChI=1S/C21H43O11P/c1-3-5-7-9-11-29-13-15(30-12-10-8-6-4-2)14-31-33(27,28)32-21-19(25)17(23)16(22)18(24)20(21)26/h15-26H,3-14H2,1-2H3,(H,27,28)/t15?,16?,17-,18+,19-,20-,21?/m1/s1. The zero-order valence-corrected chi connectivity index (χ0v) is 20.6. The van der Waals surface area contributed by atoms with Gasteiger partial charge in [-0.1, -0.05) is 52.4 Å². The Balaban J connectivity index is 2.58. The summed E-state index contributed by atoms with van der Waals surface area (Å²) in [4.78, 5) is 10.1. The van der Waals surface area contributed by atoms with Crippen molar-refractivity contribution in [2.24, 2.45) is 0 Å². The van der Waals surface area contributed by atoms with Crippen molar-refractivity contribution in [3.63, 3.8) is 0 Å². The zero-order valence-electron chi connectivity index (χ0n) is 19.7. The van der Waals surface area contributed by atoms with Gasteiger partial charge in [0.2, 0.25) is 0 Å². The third kappa shape index (κ3) is 11.4. The number of rotatable bonds is 18.